The molecule has 8 nitrogen and oxygen atoms in total. The molecule has 2 fully saturated rings. The Morgan fingerprint density at radius 3 is 2.31 bits per heavy atom. The summed E-state index contributed by atoms with van der Waals surface area (Å²) >= 11 is 0. The first kappa shape index (κ1) is 31.9. The van der Waals surface area contributed by atoms with Crippen molar-refractivity contribution in [1.29, 1.82) is 5.41 Å². The third-order valence-corrected chi connectivity index (χ3v) is 8.46. The van der Waals surface area contributed by atoms with Gasteiger partial charge in [-0.05, 0) is 53.5 Å². The van der Waals surface area contributed by atoms with Crippen LogP contribution in [-0.4, -0.2) is 98.4 Å². The van der Waals surface area contributed by atoms with Gasteiger partial charge in [0.15, 0.2) is 5.78 Å². The van der Waals surface area contributed by atoms with Crippen molar-refractivity contribution in [2.24, 2.45) is 5.92 Å². The summed E-state index contributed by atoms with van der Waals surface area (Å²) < 4.78 is 10.5. The van der Waals surface area contributed by atoms with E-state index in [9.17, 15) is 9.59 Å². The number of methoxy groups -OCH3 is 1. The minimum atomic E-state index is -0.168. The highest BCUT2D eigenvalue weighted by Crippen LogP contribution is 2.36. The predicted octanol–water partition coefficient (Wildman–Crippen LogP) is 4.58. The van der Waals surface area contributed by atoms with E-state index in [1.165, 1.54) is 0 Å². The van der Waals surface area contributed by atoms with E-state index in [0.29, 0.717) is 37.7 Å². The van der Waals surface area contributed by atoms with Gasteiger partial charge in [0.25, 0.3) is 0 Å². The van der Waals surface area contributed by atoms with Crippen LogP contribution in [-0.2, 0) is 26.2 Å². The number of ether oxygens (including phenoxy) is 2. The number of piperazine rings is 1. The summed E-state index contributed by atoms with van der Waals surface area (Å²) in [5.74, 6) is 0.590. The van der Waals surface area contributed by atoms with E-state index < -0.39 is 0 Å². The van der Waals surface area contributed by atoms with Crippen LogP contribution in [0, 0.1) is 11.3 Å². The average Bonchev–Trinajstić information content (AvgIpc) is 3.27. The summed E-state index contributed by atoms with van der Waals surface area (Å²) in [6, 6.07) is 16.5. The van der Waals surface area contributed by atoms with Gasteiger partial charge in [-0.25, -0.2) is 0 Å². The van der Waals surface area contributed by atoms with Crippen LogP contribution in [0.2, 0.25) is 0 Å². The molecule has 2 unspecified atom stereocenters. The molecule has 42 heavy (non-hydrogen) atoms. The number of nitrogens with one attached hydrogen (secondary N) is 1. The molecule has 2 heterocycles. The highest BCUT2D eigenvalue weighted by molar-refractivity contribution is 6.01. The normalized spacial score (nSPS) is 20.2. The van der Waals surface area contributed by atoms with E-state index in [1.54, 1.807) is 7.11 Å². The van der Waals surface area contributed by atoms with Crippen molar-refractivity contribution in [3.63, 3.8) is 0 Å². The SMILES string of the molecule is CCOC(=O)CN1CCN(Cc2cc(C(=O)CN3CC(CCOC)C(c4ccccc4)C3=N)cc(C(C)(C)C)c2)CC1. The van der Waals surface area contributed by atoms with Crippen LogP contribution in [0.25, 0.3) is 0 Å². The van der Waals surface area contributed by atoms with Crippen molar-refractivity contribution in [3.05, 3.63) is 70.8 Å². The number of esters is 1. The summed E-state index contributed by atoms with van der Waals surface area (Å²) in [6.07, 6.45) is 0.847. The van der Waals surface area contributed by atoms with Crippen LogP contribution in [0.5, 0.6) is 0 Å². The molecule has 0 aliphatic carbocycles. The average molecular weight is 577 g/mol. The Hall–Kier alpha value is -3.07. The quantitative estimate of drug-likeness (QED) is 0.293. The molecular formula is C34H48N4O4. The zero-order valence-electron chi connectivity index (χ0n) is 26.0. The minimum Gasteiger partial charge on any atom is -0.465 e. The summed E-state index contributed by atoms with van der Waals surface area (Å²) in [5.41, 5.74) is 4.00. The Labute approximate surface area is 251 Å². The summed E-state index contributed by atoms with van der Waals surface area (Å²) in [5, 5.41) is 9.05. The second-order valence-corrected chi connectivity index (χ2v) is 12.6. The first-order chi connectivity index (χ1) is 20.1. The fraction of sp³-hybridized carbons (Fsp3) is 0.559. The number of Topliss-reactive ketones (excluding diaryl/α,β-unsaturated/α-hetero) is 1. The number of benzene rings is 2. The van der Waals surface area contributed by atoms with Crippen molar-refractivity contribution in [3.8, 4) is 0 Å². The largest absolute Gasteiger partial charge is 0.465 e. The molecule has 2 aromatic rings. The lowest BCUT2D eigenvalue weighted by Gasteiger charge is -2.34. The van der Waals surface area contributed by atoms with E-state index in [4.69, 9.17) is 14.9 Å². The highest BCUT2D eigenvalue weighted by atomic mass is 16.5. The Morgan fingerprint density at radius 2 is 1.67 bits per heavy atom. The van der Waals surface area contributed by atoms with Crippen molar-refractivity contribution in [2.75, 3.05) is 66.1 Å². The van der Waals surface area contributed by atoms with Crippen LogP contribution in [0.4, 0.5) is 0 Å². The van der Waals surface area contributed by atoms with Crippen LogP contribution < -0.4 is 0 Å². The van der Waals surface area contributed by atoms with Crippen molar-refractivity contribution >= 4 is 17.6 Å². The predicted molar refractivity (Wildman–Crippen MR) is 166 cm³/mol. The molecule has 2 atom stereocenters. The number of amidine groups is 1. The van der Waals surface area contributed by atoms with E-state index >= 15 is 0 Å². The van der Waals surface area contributed by atoms with Gasteiger partial charge in [0.1, 0.15) is 5.84 Å². The van der Waals surface area contributed by atoms with Crippen molar-refractivity contribution in [2.45, 2.75) is 52.0 Å². The van der Waals surface area contributed by atoms with Gasteiger partial charge in [-0.2, -0.15) is 0 Å². The maximum atomic E-state index is 13.8. The molecule has 2 aliphatic heterocycles. The van der Waals surface area contributed by atoms with E-state index in [1.807, 2.05) is 42.2 Å². The summed E-state index contributed by atoms with van der Waals surface area (Å²) in [6.45, 7) is 14.7. The molecule has 1 N–H and O–H groups in total. The number of carbonyl (C=O) groups is 2. The third kappa shape index (κ3) is 8.27. The molecule has 8 heteroatoms. The summed E-state index contributed by atoms with van der Waals surface area (Å²) in [4.78, 5) is 32.2. The van der Waals surface area contributed by atoms with Gasteiger partial charge in [-0.3, -0.25) is 24.8 Å². The zero-order valence-corrected chi connectivity index (χ0v) is 26.0. The number of carbonyl (C=O) groups excluding carboxylic acids is 2. The fourth-order valence-corrected chi connectivity index (χ4v) is 6.07. The molecular weight excluding hydrogens is 528 g/mol. The Kier molecular flexibility index (Phi) is 10.9. The van der Waals surface area contributed by atoms with Gasteiger partial charge < -0.3 is 14.4 Å². The Bertz CT molecular complexity index is 1220. The molecule has 0 radical (unpaired) electrons. The molecule has 2 aliphatic rings. The van der Waals surface area contributed by atoms with Crippen LogP contribution in [0.15, 0.2) is 48.5 Å². The Morgan fingerprint density at radius 1 is 0.976 bits per heavy atom. The summed E-state index contributed by atoms with van der Waals surface area (Å²) in [7, 11) is 1.71. The molecule has 2 saturated heterocycles. The smallest absolute Gasteiger partial charge is 0.320 e. The Balaban J connectivity index is 1.47. The number of rotatable bonds is 12. The van der Waals surface area contributed by atoms with Gasteiger partial charge in [-0.15, -0.1) is 0 Å². The van der Waals surface area contributed by atoms with Gasteiger partial charge >= 0.3 is 5.97 Å². The minimum absolute atomic E-state index is 0.0342. The van der Waals surface area contributed by atoms with Gasteiger partial charge in [0, 0.05) is 64.5 Å². The molecule has 0 saturated carbocycles. The molecule has 0 amide bonds. The number of nitrogens with zero attached hydrogens (tertiary/aromatic N) is 3. The monoisotopic (exact) mass is 576 g/mol. The standard InChI is InChI=1S/C34H48N4O4/c1-6-42-31(40)24-37-15-13-36(14-16-37)21-25-18-28(20-29(19-25)34(2,3)4)30(39)23-38-22-27(12-17-41-5)32(33(38)35)26-10-8-7-9-11-26/h7-11,18-20,27,32,35H,6,12-17,21-24H2,1-5H3. The van der Waals surface area contributed by atoms with Gasteiger partial charge in [0.2, 0.25) is 0 Å². The lowest BCUT2D eigenvalue weighted by molar-refractivity contribution is -0.144. The first-order valence-corrected chi connectivity index (χ1v) is 15.2. The number of ketones is 1. The van der Waals surface area contributed by atoms with Crippen LogP contribution in [0.3, 0.4) is 0 Å². The molecule has 0 bridgehead atoms. The number of hydrogen-bond acceptors (Lipinski definition) is 7. The van der Waals surface area contributed by atoms with Crippen LogP contribution in [0.1, 0.15) is 67.1 Å². The molecule has 0 aromatic heterocycles. The molecule has 228 valence electrons. The fourth-order valence-electron chi connectivity index (χ4n) is 6.07. The second kappa shape index (κ2) is 14.4. The van der Waals surface area contributed by atoms with Gasteiger partial charge in [-0.1, -0.05) is 57.2 Å². The van der Waals surface area contributed by atoms with Crippen LogP contribution >= 0.6 is 0 Å². The topological polar surface area (TPSA) is 86.2 Å². The number of hydrogen-bond donors (Lipinski definition) is 1. The van der Waals surface area contributed by atoms with E-state index in [2.05, 4.69) is 48.8 Å². The second-order valence-electron chi connectivity index (χ2n) is 12.6. The van der Waals surface area contributed by atoms with Gasteiger partial charge in [0.05, 0.1) is 19.7 Å². The van der Waals surface area contributed by atoms with Crippen molar-refractivity contribution in [1.82, 2.24) is 14.7 Å². The highest BCUT2D eigenvalue weighted by Gasteiger charge is 2.39. The first-order valence-electron chi connectivity index (χ1n) is 15.2. The number of likely N-dealkylation sites (tertiary alicyclic amines) is 1. The lowest BCUT2D eigenvalue weighted by atomic mass is 9.84. The molecule has 4 rings (SSSR count). The van der Waals surface area contributed by atoms with E-state index in [-0.39, 0.29) is 35.5 Å². The lowest BCUT2D eigenvalue weighted by Crippen LogP contribution is -2.47. The third-order valence-electron chi connectivity index (χ3n) is 8.46. The van der Waals surface area contributed by atoms with E-state index in [0.717, 1.165) is 55.8 Å². The zero-order chi connectivity index (χ0) is 30.3. The molecule has 0 spiro atoms. The maximum Gasteiger partial charge on any atom is 0.320 e. The van der Waals surface area contributed by atoms with Crippen molar-refractivity contribution < 1.29 is 19.1 Å². The maximum absolute atomic E-state index is 13.8. The molecule has 2 aromatic carbocycles.